The van der Waals surface area contributed by atoms with E-state index in [1.807, 2.05) is 23.1 Å². The molecule has 1 aromatic rings. The second-order valence-electron chi connectivity index (χ2n) is 8.69. The molecule has 2 heterocycles. The molecule has 1 aromatic carbocycles. The minimum atomic E-state index is -1.20. The Hall–Kier alpha value is -1.59. The minimum Gasteiger partial charge on any atom is -0.490 e. The summed E-state index contributed by atoms with van der Waals surface area (Å²) in [6.07, 6.45) is 6.04. The van der Waals surface area contributed by atoms with Crippen molar-refractivity contribution in [3.63, 3.8) is 0 Å². The van der Waals surface area contributed by atoms with Crippen LogP contribution in [0.15, 0.2) is 24.3 Å². The summed E-state index contributed by atoms with van der Waals surface area (Å²) >= 11 is 0. The molecular formula is C22H32N2O3. The highest BCUT2D eigenvalue weighted by Crippen LogP contribution is 2.33. The highest BCUT2D eigenvalue weighted by atomic mass is 16.5. The number of amides is 1. The zero-order valence-electron chi connectivity index (χ0n) is 16.4. The Morgan fingerprint density at radius 2 is 1.89 bits per heavy atom. The van der Waals surface area contributed by atoms with Gasteiger partial charge in [0, 0.05) is 32.7 Å². The van der Waals surface area contributed by atoms with Crippen LogP contribution in [0.25, 0.3) is 0 Å². The first-order chi connectivity index (χ1) is 13.0. The third-order valence-corrected chi connectivity index (χ3v) is 6.29. The summed E-state index contributed by atoms with van der Waals surface area (Å²) in [4.78, 5) is 17.0. The zero-order chi connectivity index (χ0) is 18.9. The summed E-state index contributed by atoms with van der Waals surface area (Å²) in [5.41, 5.74) is -0.0329. The first-order valence-electron chi connectivity index (χ1n) is 10.5. The highest BCUT2D eigenvalue weighted by molar-refractivity contribution is 5.86. The lowest BCUT2D eigenvalue weighted by molar-refractivity contribution is -0.160. The molecule has 0 aromatic heterocycles. The molecule has 27 heavy (non-hydrogen) atoms. The fraction of sp³-hybridized carbons (Fsp3) is 0.682. The fourth-order valence-electron chi connectivity index (χ4n) is 4.42. The van der Waals surface area contributed by atoms with Crippen LogP contribution >= 0.6 is 0 Å². The third-order valence-electron chi connectivity index (χ3n) is 6.29. The van der Waals surface area contributed by atoms with Crippen molar-refractivity contribution in [2.75, 3.05) is 32.7 Å². The summed E-state index contributed by atoms with van der Waals surface area (Å²) in [5.74, 6) is 1.59. The Kier molecular flexibility index (Phi) is 5.42. The Balaban J connectivity index is 1.29. The van der Waals surface area contributed by atoms with Crippen molar-refractivity contribution in [1.29, 1.82) is 0 Å². The molecule has 1 amide bonds. The maximum absolute atomic E-state index is 12.9. The predicted molar refractivity (Wildman–Crippen MR) is 105 cm³/mol. The van der Waals surface area contributed by atoms with Gasteiger partial charge in [-0.2, -0.15) is 0 Å². The SMILES string of the molecule is Cc1ccccc1OC1CCN(C[C@@]2(O)CCCN(CC3CC3)C2=O)CC1. The standard InChI is InChI=1S/C22H32N2O3/c1-17-5-2-3-6-20(17)27-19-9-13-23(14-10-19)16-22(26)11-4-12-24(21(22)25)15-18-7-8-18/h2-3,5-6,18-19,26H,4,7-16H2,1H3/t22-/m0/s1. The van der Waals surface area contributed by atoms with Crippen LogP contribution in [0, 0.1) is 12.8 Å². The van der Waals surface area contributed by atoms with Crippen LogP contribution in [-0.2, 0) is 4.79 Å². The van der Waals surface area contributed by atoms with Crippen molar-refractivity contribution in [2.45, 2.75) is 57.2 Å². The molecule has 2 aliphatic heterocycles. The van der Waals surface area contributed by atoms with Crippen molar-refractivity contribution in [3.8, 4) is 5.75 Å². The van der Waals surface area contributed by atoms with Gasteiger partial charge in [0.2, 0.25) is 0 Å². The van der Waals surface area contributed by atoms with Gasteiger partial charge in [-0.05, 0) is 63.0 Å². The van der Waals surface area contributed by atoms with Crippen LogP contribution in [0.3, 0.4) is 0 Å². The predicted octanol–water partition coefficient (Wildman–Crippen LogP) is 2.60. The molecule has 5 heteroatoms. The van der Waals surface area contributed by atoms with E-state index < -0.39 is 5.60 Å². The van der Waals surface area contributed by atoms with E-state index in [1.165, 1.54) is 12.8 Å². The van der Waals surface area contributed by atoms with Crippen molar-refractivity contribution in [3.05, 3.63) is 29.8 Å². The number of aliphatic hydroxyl groups is 1. The summed E-state index contributed by atoms with van der Waals surface area (Å²) in [6.45, 7) is 5.92. The van der Waals surface area contributed by atoms with Gasteiger partial charge in [0.15, 0.2) is 5.60 Å². The molecule has 1 atom stereocenters. The fourth-order valence-corrected chi connectivity index (χ4v) is 4.42. The minimum absolute atomic E-state index is 0.0427. The molecule has 2 saturated heterocycles. The quantitative estimate of drug-likeness (QED) is 0.834. The van der Waals surface area contributed by atoms with E-state index in [-0.39, 0.29) is 12.0 Å². The molecular weight excluding hydrogens is 340 g/mol. The van der Waals surface area contributed by atoms with Crippen molar-refractivity contribution in [2.24, 2.45) is 5.92 Å². The van der Waals surface area contributed by atoms with Crippen LogP contribution in [0.5, 0.6) is 5.75 Å². The van der Waals surface area contributed by atoms with Gasteiger partial charge in [0.05, 0.1) is 0 Å². The van der Waals surface area contributed by atoms with Gasteiger partial charge >= 0.3 is 0 Å². The molecule has 4 rings (SSSR count). The van der Waals surface area contributed by atoms with Crippen molar-refractivity contribution < 1.29 is 14.6 Å². The second-order valence-corrected chi connectivity index (χ2v) is 8.69. The maximum Gasteiger partial charge on any atom is 0.255 e. The van der Waals surface area contributed by atoms with E-state index in [0.717, 1.165) is 56.8 Å². The average Bonchev–Trinajstić information content (AvgIpc) is 3.47. The van der Waals surface area contributed by atoms with Gasteiger partial charge in [-0.1, -0.05) is 18.2 Å². The average molecular weight is 373 g/mol. The molecule has 0 unspecified atom stereocenters. The molecule has 1 aliphatic carbocycles. The lowest BCUT2D eigenvalue weighted by Crippen LogP contribution is -2.59. The number of nitrogens with zero attached hydrogens (tertiary/aromatic N) is 2. The van der Waals surface area contributed by atoms with Gasteiger partial charge < -0.3 is 14.7 Å². The Bertz CT molecular complexity index is 667. The van der Waals surface area contributed by atoms with E-state index in [0.29, 0.717) is 18.9 Å². The second kappa shape index (κ2) is 7.80. The molecule has 1 N–H and O–H groups in total. The summed E-state index contributed by atoms with van der Waals surface area (Å²) in [5, 5.41) is 11.1. The highest BCUT2D eigenvalue weighted by Gasteiger charge is 2.44. The van der Waals surface area contributed by atoms with Crippen LogP contribution in [0.2, 0.25) is 0 Å². The number of para-hydroxylation sites is 1. The summed E-state index contributed by atoms with van der Waals surface area (Å²) < 4.78 is 6.17. The smallest absolute Gasteiger partial charge is 0.255 e. The molecule has 3 aliphatic rings. The number of piperidine rings is 2. The maximum atomic E-state index is 12.9. The molecule has 0 radical (unpaired) electrons. The van der Waals surface area contributed by atoms with Gasteiger partial charge in [-0.15, -0.1) is 0 Å². The summed E-state index contributed by atoms with van der Waals surface area (Å²) in [6, 6.07) is 8.13. The van der Waals surface area contributed by atoms with Crippen LogP contribution in [-0.4, -0.2) is 65.2 Å². The lowest BCUT2D eigenvalue weighted by Gasteiger charge is -2.42. The normalized spacial score (nSPS) is 27.8. The largest absolute Gasteiger partial charge is 0.490 e. The van der Waals surface area contributed by atoms with E-state index in [4.69, 9.17) is 4.74 Å². The molecule has 0 spiro atoms. The molecule has 3 fully saturated rings. The molecule has 148 valence electrons. The number of aryl methyl sites for hydroxylation is 1. The van der Waals surface area contributed by atoms with Crippen LogP contribution in [0.4, 0.5) is 0 Å². The summed E-state index contributed by atoms with van der Waals surface area (Å²) in [7, 11) is 0. The number of carbonyl (C=O) groups is 1. The van der Waals surface area contributed by atoms with Gasteiger partial charge in [0.25, 0.3) is 5.91 Å². The topological polar surface area (TPSA) is 53.0 Å². The van der Waals surface area contributed by atoms with Crippen molar-refractivity contribution in [1.82, 2.24) is 9.80 Å². The Morgan fingerprint density at radius 3 is 2.59 bits per heavy atom. The molecule has 0 bridgehead atoms. The number of likely N-dealkylation sites (tertiary alicyclic amines) is 2. The Labute approximate surface area is 162 Å². The van der Waals surface area contributed by atoms with Gasteiger partial charge in [-0.3, -0.25) is 9.69 Å². The number of benzene rings is 1. The van der Waals surface area contributed by atoms with Crippen LogP contribution in [0.1, 0.15) is 44.1 Å². The number of ether oxygens (including phenoxy) is 1. The molecule has 1 saturated carbocycles. The number of hydrogen-bond acceptors (Lipinski definition) is 4. The van der Waals surface area contributed by atoms with E-state index in [2.05, 4.69) is 17.9 Å². The number of β-amino-alcohol motifs (C(OH)–C–C–N with tert-alkyl or cyclic N) is 1. The van der Waals surface area contributed by atoms with Gasteiger partial charge in [0.1, 0.15) is 11.9 Å². The first-order valence-corrected chi connectivity index (χ1v) is 10.5. The van der Waals surface area contributed by atoms with Crippen LogP contribution < -0.4 is 4.74 Å². The number of rotatable bonds is 6. The van der Waals surface area contributed by atoms with E-state index >= 15 is 0 Å². The third kappa shape index (κ3) is 4.46. The van der Waals surface area contributed by atoms with E-state index in [9.17, 15) is 9.90 Å². The zero-order valence-corrected chi connectivity index (χ0v) is 16.4. The lowest BCUT2D eigenvalue weighted by atomic mass is 9.90. The number of carbonyl (C=O) groups excluding carboxylic acids is 1. The number of hydrogen-bond donors (Lipinski definition) is 1. The molecule has 5 nitrogen and oxygen atoms in total. The monoisotopic (exact) mass is 372 g/mol. The van der Waals surface area contributed by atoms with Crippen molar-refractivity contribution >= 4 is 5.91 Å². The first kappa shape index (κ1) is 18.8. The van der Waals surface area contributed by atoms with Gasteiger partial charge in [-0.25, -0.2) is 0 Å². The Morgan fingerprint density at radius 1 is 1.15 bits per heavy atom. The van der Waals surface area contributed by atoms with E-state index in [1.54, 1.807) is 0 Å².